The van der Waals surface area contributed by atoms with Crippen molar-refractivity contribution in [2.45, 2.75) is 39.1 Å². The first-order chi connectivity index (χ1) is 12.4. The number of rotatable bonds is 3. The lowest BCUT2D eigenvalue weighted by Gasteiger charge is -2.30. The standard InChI is InChI=1S/C18H19NO7/c1-10-8-16(21)25-14-6-5-12(9-13(10)14)19-18(22)26-17-15(24-11(2)20)4-3-7-23-17/h5-6,8-9,15,17H,3-4,7H2,1-2H3,(H,19,22). The molecule has 3 rings (SSSR count). The van der Waals surface area contributed by atoms with Crippen molar-refractivity contribution >= 4 is 28.7 Å². The molecule has 2 atom stereocenters. The SMILES string of the molecule is CC(=O)OC1CCCOC1OC(=O)Nc1ccc2oc(=O)cc(C)c2c1. The van der Waals surface area contributed by atoms with E-state index in [-0.39, 0.29) is 0 Å². The van der Waals surface area contributed by atoms with E-state index < -0.39 is 30.1 Å². The number of anilines is 1. The van der Waals surface area contributed by atoms with Crippen LogP contribution in [0.3, 0.4) is 0 Å². The van der Waals surface area contributed by atoms with E-state index in [9.17, 15) is 14.4 Å². The second-order valence-electron chi connectivity index (χ2n) is 6.02. The fraction of sp³-hybridized carbons (Fsp3) is 0.389. The van der Waals surface area contributed by atoms with Crippen molar-refractivity contribution < 1.29 is 28.2 Å². The van der Waals surface area contributed by atoms with Gasteiger partial charge in [0.1, 0.15) is 5.58 Å². The largest absolute Gasteiger partial charge is 0.456 e. The van der Waals surface area contributed by atoms with Crippen LogP contribution < -0.4 is 10.9 Å². The van der Waals surface area contributed by atoms with Gasteiger partial charge in [-0.2, -0.15) is 0 Å². The molecule has 0 bridgehead atoms. The third kappa shape index (κ3) is 4.20. The Hall–Kier alpha value is -2.87. The molecule has 1 aliphatic heterocycles. The third-order valence-electron chi connectivity index (χ3n) is 3.95. The minimum absolute atomic E-state index is 0.421. The van der Waals surface area contributed by atoms with E-state index in [0.29, 0.717) is 36.1 Å². The normalized spacial score (nSPS) is 19.8. The number of hydrogen-bond donors (Lipinski definition) is 1. The molecule has 8 heteroatoms. The van der Waals surface area contributed by atoms with Crippen LogP contribution in [0.5, 0.6) is 0 Å². The number of nitrogens with one attached hydrogen (secondary N) is 1. The molecule has 26 heavy (non-hydrogen) atoms. The number of hydrogen-bond acceptors (Lipinski definition) is 7. The summed E-state index contributed by atoms with van der Waals surface area (Å²) in [5.41, 5.74) is 1.21. The lowest BCUT2D eigenvalue weighted by molar-refractivity contribution is -0.203. The van der Waals surface area contributed by atoms with E-state index in [2.05, 4.69) is 5.32 Å². The molecule has 2 unspecified atom stereocenters. The molecule has 8 nitrogen and oxygen atoms in total. The predicted octanol–water partition coefficient (Wildman–Crippen LogP) is 2.72. The molecule has 1 saturated heterocycles. The Morgan fingerprint density at radius 2 is 2.04 bits per heavy atom. The van der Waals surface area contributed by atoms with Crippen molar-refractivity contribution in [2.24, 2.45) is 0 Å². The summed E-state index contributed by atoms with van der Waals surface area (Å²) in [6, 6.07) is 6.25. The number of esters is 1. The number of amides is 1. The number of ether oxygens (including phenoxy) is 3. The Labute approximate surface area is 149 Å². The van der Waals surface area contributed by atoms with E-state index in [1.807, 2.05) is 0 Å². The highest BCUT2D eigenvalue weighted by Crippen LogP contribution is 2.22. The van der Waals surface area contributed by atoms with Gasteiger partial charge in [0.15, 0.2) is 6.10 Å². The second-order valence-corrected chi connectivity index (χ2v) is 6.02. The molecule has 0 aliphatic carbocycles. The van der Waals surface area contributed by atoms with Crippen molar-refractivity contribution in [2.75, 3.05) is 11.9 Å². The van der Waals surface area contributed by atoms with Crippen molar-refractivity contribution in [3.8, 4) is 0 Å². The molecule has 2 aromatic rings. The number of carbonyl (C=O) groups excluding carboxylic acids is 2. The molecule has 0 spiro atoms. The van der Waals surface area contributed by atoms with Crippen LogP contribution in [-0.4, -0.2) is 31.1 Å². The zero-order valence-electron chi connectivity index (χ0n) is 14.4. The van der Waals surface area contributed by atoms with Crippen molar-refractivity contribution in [3.05, 3.63) is 40.2 Å². The Balaban J connectivity index is 1.70. The van der Waals surface area contributed by atoms with Gasteiger partial charge in [-0.05, 0) is 43.5 Å². The van der Waals surface area contributed by atoms with Crippen LogP contribution in [0.1, 0.15) is 25.3 Å². The van der Waals surface area contributed by atoms with Crippen LogP contribution in [0.15, 0.2) is 33.5 Å². The van der Waals surface area contributed by atoms with Gasteiger partial charge < -0.3 is 18.6 Å². The van der Waals surface area contributed by atoms with Gasteiger partial charge in [0, 0.05) is 24.1 Å². The number of aryl methyl sites for hydroxylation is 1. The zero-order valence-corrected chi connectivity index (χ0v) is 14.4. The van der Waals surface area contributed by atoms with Gasteiger partial charge in [-0.1, -0.05) is 0 Å². The molecule has 1 N–H and O–H groups in total. The van der Waals surface area contributed by atoms with Crippen LogP contribution in [0.4, 0.5) is 10.5 Å². The minimum Gasteiger partial charge on any atom is -0.456 e. The van der Waals surface area contributed by atoms with Crippen molar-refractivity contribution in [3.63, 3.8) is 0 Å². The molecule has 1 fully saturated rings. The van der Waals surface area contributed by atoms with Crippen LogP contribution in [0, 0.1) is 6.92 Å². The van der Waals surface area contributed by atoms with Gasteiger partial charge in [-0.3, -0.25) is 10.1 Å². The van der Waals surface area contributed by atoms with E-state index in [1.165, 1.54) is 13.0 Å². The van der Waals surface area contributed by atoms with Crippen molar-refractivity contribution in [1.82, 2.24) is 0 Å². The summed E-state index contributed by atoms with van der Waals surface area (Å²) in [6.07, 6.45) is -1.03. The summed E-state index contributed by atoms with van der Waals surface area (Å²) in [6.45, 7) is 3.49. The fourth-order valence-electron chi connectivity index (χ4n) is 2.82. The van der Waals surface area contributed by atoms with Gasteiger partial charge in [-0.25, -0.2) is 9.59 Å². The number of benzene rings is 1. The summed E-state index contributed by atoms with van der Waals surface area (Å²) in [4.78, 5) is 34.7. The first-order valence-corrected chi connectivity index (χ1v) is 8.23. The van der Waals surface area contributed by atoms with Crippen LogP contribution in [0.25, 0.3) is 11.0 Å². The first kappa shape index (κ1) is 17.9. The Morgan fingerprint density at radius 3 is 2.81 bits per heavy atom. The van der Waals surface area contributed by atoms with Gasteiger partial charge in [0.2, 0.25) is 6.29 Å². The van der Waals surface area contributed by atoms with E-state index in [0.717, 1.165) is 5.56 Å². The highest BCUT2D eigenvalue weighted by atomic mass is 16.7. The van der Waals surface area contributed by atoms with Gasteiger partial charge in [0.05, 0.1) is 6.61 Å². The highest BCUT2D eigenvalue weighted by Gasteiger charge is 2.32. The summed E-state index contributed by atoms with van der Waals surface area (Å²) in [5, 5.41) is 3.30. The maximum absolute atomic E-state index is 12.2. The summed E-state index contributed by atoms with van der Waals surface area (Å²) in [7, 11) is 0. The number of fused-ring (bicyclic) bond motifs is 1. The average Bonchev–Trinajstić information content (AvgIpc) is 2.56. The van der Waals surface area contributed by atoms with Gasteiger partial charge >= 0.3 is 17.7 Å². The first-order valence-electron chi connectivity index (χ1n) is 8.23. The van der Waals surface area contributed by atoms with Crippen molar-refractivity contribution in [1.29, 1.82) is 0 Å². The molecule has 0 radical (unpaired) electrons. The van der Waals surface area contributed by atoms with E-state index >= 15 is 0 Å². The fourth-order valence-corrected chi connectivity index (χ4v) is 2.82. The van der Waals surface area contributed by atoms with Gasteiger partial charge in [-0.15, -0.1) is 0 Å². The summed E-state index contributed by atoms with van der Waals surface area (Å²) in [5.74, 6) is -0.457. The van der Waals surface area contributed by atoms with Gasteiger partial charge in [0.25, 0.3) is 0 Å². The molecule has 1 aromatic carbocycles. The molecule has 0 saturated carbocycles. The summed E-state index contributed by atoms with van der Waals surface area (Å²) < 4.78 is 20.9. The minimum atomic E-state index is -0.951. The van der Waals surface area contributed by atoms with Crippen LogP contribution >= 0.6 is 0 Å². The second kappa shape index (κ2) is 7.57. The monoisotopic (exact) mass is 361 g/mol. The molecule has 1 aliphatic rings. The molecular formula is C18H19NO7. The molecule has 2 heterocycles. The van der Waals surface area contributed by atoms with Crippen LogP contribution in [-0.2, 0) is 19.0 Å². The quantitative estimate of drug-likeness (QED) is 0.662. The third-order valence-corrected chi connectivity index (χ3v) is 3.95. The van der Waals surface area contributed by atoms with E-state index in [1.54, 1.807) is 25.1 Å². The maximum Gasteiger partial charge on any atom is 0.414 e. The maximum atomic E-state index is 12.2. The average molecular weight is 361 g/mol. The summed E-state index contributed by atoms with van der Waals surface area (Å²) >= 11 is 0. The highest BCUT2D eigenvalue weighted by molar-refractivity contribution is 5.90. The zero-order chi connectivity index (χ0) is 18.7. The molecular weight excluding hydrogens is 342 g/mol. The van der Waals surface area contributed by atoms with E-state index in [4.69, 9.17) is 18.6 Å². The molecule has 138 valence electrons. The lowest BCUT2D eigenvalue weighted by atomic mass is 10.1. The molecule has 1 aromatic heterocycles. The number of carbonyl (C=O) groups is 2. The smallest absolute Gasteiger partial charge is 0.414 e. The predicted molar refractivity (Wildman–Crippen MR) is 91.9 cm³/mol. The Kier molecular flexibility index (Phi) is 5.22. The Morgan fingerprint density at radius 1 is 1.23 bits per heavy atom. The topological polar surface area (TPSA) is 104 Å². The molecule has 1 amide bonds. The lowest BCUT2D eigenvalue weighted by Crippen LogP contribution is -2.41. The van der Waals surface area contributed by atoms with Crippen LogP contribution in [0.2, 0.25) is 0 Å². The Bertz CT molecular complexity index is 889.